The van der Waals surface area contributed by atoms with E-state index in [1.54, 1.807) is 0 Å². The van der Waals surface area contributed by atoms with Crippen molar-refractivity contribution in [1.82, 2.24) is 15.4 Å². The highest BCUT2D eigenvalue weighted by molar-refractivity contribution is 7.89. The molecule has 0 radical (unpaired) electrons. The molecule has 0 unspecified atom stereocenters. The Morgan fingerprint density at radius 1 is 0.769 bits per heavy atom. The largest absolute Gasteiger partial charge is 0.330 e. The molecule has 0 aromatic heterocycles. The third-order valence-electron chi connectivity index (χ3n) is 3.60. The van der Waals surface area contributed by atoms with E-state index >= 15 is 0 Å². The number of benzene rings is 1. The van der Waals surface area contributed by atoms with E-state index in [0.29, 0.717) is 13.0 Å². The van der Waals surface area contributed by atoms with Crippen molar-refractivity contribution < 1.29 is 8.42 Å². The molecule has 0 aliphatic carbocycles. The Morgan fingerprint density at radius 2 is 1.31 bits per heavy atom. The Kier molecular flexibility index (Phi) is 12.1. The van der Waals surface area contributed by atoms with Crippen molar-refractivity contribution in [2.45, 2.75) is 30.6 Å². The third kappa shape index (κ3) is 9.19. The summed E-state index contributed by atoms with van der Waals surface area (Å²) in [6, 6.07) is 2.58. The van der Waals surface area contributed by atoms with Crippen LogP contribution in [0, 0.1) is 0 Å². The van der Waals surface area contributed by atoms with Crippen molar-refractivity contribution in [3.8, 4) is 0 Å². The second-order valence-corrected chi connectivity index (χ2v) is 8.75. The van der Waals surface area contributed by atoms with Crippen LogP contribution in [0.25, 0.3) is 0 Å². The van der Waals surface area contributed by atoms with Crippen LogP contribution in [-0.2, 0) is 10.0 Å². The first-order valence-electron chi connectivity index (χ1n) is 8.64. The van der Waals surface area contributed by atoms with Gasteiger partial charge in [0.1, 0.15) is 4.90 Å². The molecule has 0 bridgehead atoms. The Labute approximate surface area is 171 Å². The summed E-state index contributed by atoms with van der Waals surface area (Å²) in [7, 11) is -3.71. The quantitative estimate of drug-likeness (QED) is 0.261. The molecule has 150 valence electrons. The highest BCUT2D eigenvalue weighted by Crippen LogP contribution is 2.31. The van der Waals surface area contributed by atoms with Crippen LogP contribution in [0.4, 0.5) is 0 Å². The summed E-state index contributed by atoms with van der Waals surface area (Å²) in [5, 5.41) is 7.04. The number of nitrogens with two attached hydrogens (primary N) is 1. The minimum absolute atomic E-state index is 0.0464. The number of unbranched alkanes of at least 4 members (excludes halogenated alkanes) is 1. The highest BCUT2D eigenvalue weighted by Gasteiger charge is 2.19. The molecule has 0 aliphatic heterocycles. The van der Waals surface area contributed by atoms with Gasteiger partial charge in [-0.05, 0) is 70.5 Å². The molecular weight excluding hydrogens is 419 g/mol. The van der Waals surface area contributed by atoms with Crippen LogP contribution in [-0.4, -0.2) is 47.7 Å². The fourth-order valence-electron chi connectivity index (χ4n) is 2.18. The molecule has 0 atom stereocenters. The van der Waals surface area contributed by atoms with E-state index in [-0.39, 0.29) is 20.0 Å². The van der Waals surface area contributed by atoms with Crippen molar-refractivity contribution in [2.75, 3.05) is 39.3 Å². The summed E-state index contributed by atoms with van der Waals surface area (Å²) in [6.07, 6.45) is 3.84. The van der Waals surface area contributed by atoms with E-state index in [2.05, 4.69) is 15.4 Å². The molecule has 0 saturated carbocycles. The lowest BCUT2D eigenvalue weighted by Crippen LogP contribution is -2.28. The summed E-state index contributed by atoms with van der Waals surface area (Å²) >= 11 is 17.6. The van der Waals surface area contributed by atoms with Gasteiger partial charge in [-0.25, -0.2) is 13.1 Å². The SMILES string of the molecule is NCCCNCCCCNCCCNS(=O)(=O)c1cc(Cl)c(Cl)cc1Cl. The predicted octanol–water partition coefficient (Wildman–Crippen LogP) is 2.62. The van der Waals surface area contributed by atoms with Crippen LogP contribution >= 0.6 is 34.8 Å². The first-order valence-corrected chi connectivity index (χ1v) is 11.3. The van der Waals surface area contributed by atoms with E-state index < -0.39 is 10.0 Å². The minimum Gasteiger partial charge on any atom is -0.330 e. The van der Waals surface area contributed by atoms with Crippen LogP contribution in [0.1, 0.15) is 25.7 Å². The number of hydrogen-bond acceptors (Lipinski definition) is 5. The maximum Gasteiger partial charge on any atom is 0.242 e. The molecule has 10 heteroatoms. The van der Waals surface area contributed by atoms with Gasteiger partial charge in [0, 0.05) is 6.54 Å². The van der Waals surface area contributed by atoms with Crippen LogP contribution in [0.15, 0.2) is 17.0 Å². The van der Waals surface area contributed by atoms with Gasteiger partial charge in [0.05, 0.1) is 15.1 Å². The van der Waals surface area contributed by atoms with Gasteiger partial charge in [0.25, 0.3) is 0 Å². The molecule has 1 aromatic carbocycles. The van der Waals surface area contributed by atoms with Crippen molar-refractivity contribution in [2.24, 2.45) is 5.73 Å². The van der Waals surface area contributed by atoms with Crippen molar-refractivity contribution >= 4 is 44.8 Å². The van der Waals surface area contributed by atoms with Gasteiger partial charge in [-0.15, -0.1) is 0 Å². The molecule has 0 heterocycles. The van der Waals surface area contributed by atoms with E-state index in [4.69, 9.17) is 40.5 Å². The molecule has 0 fully saturated rings. The fraction of sp³-hybridized carbons (Fsp3) is 0.625. The van der Waals surface area contributed by atoms with Gasteiger partial charge in [0.15, 0.2) is 0 Å². The summed E-state index contributed by atoms with van der Waals surface area (Å²) in [5.41, 5.74) is 5.42. The second-order valence-electron chi connectivity index (χ2n) is 5.80. The van der Waals surface area contributed by atoms with Gasteiger partial charge in [0.2, 0.25) is 10.0 Å². The van der Waals surface area contributed by atoms with Crippen molar-refractivity contribution in [1.29, 1.82) is 0 Å². The monoisotopic (exact) mass is 444 g/mol. The van der Waals surface area contributed by atoms with Gasteiger partial charge in [-0.1, -0.05) is 34.8 Å². The summed E-state index contributed by atoms with van der Waals surface area (Å²) in [6.45, 7) is 4.63. The molecule has 26 heavy (non-hydrogen) atoms. The minimum atomic E-state index is -3.71. The van der Waals surface area contributed by atoms with E-state index in [1.807, 2.05) is 0 Å². The molecular formula is C16H27Cl3N4O2S. The average Bonchev–Trinajstić information content (AvgIpc) is 2.59. The zero-order valence-electron chi connectivity index (χ0n) is 14.7. The number of hydrogen-bond donors (Lipinski definition) is 4. The molecule has 0 saturated heterocycles. The molecule has 0 spiro atoms. The highest BCUT2D eigenvalue weighted by atomic mass is 35.5. The molecule has 1 aromatic rings. The van der Waals surface area contributed by atoms with Crippen LogP contribution in [0.2, 0.25) is 15.1 Å². The molecule has 1 rings (SSSR count). The van der Waals surface area contributed by atoms with Gasteiger partial charge < -0.3 is 16.4 Å². The number of halogens is 3. The fourth-order valence-corrected chi connectivity index (χ4v) is 4.26. The summed E-state index contributed by atoms with van der Waals surface area (Å²) in [4.78, 5) is -0.0661. The number of nitrogens with one attached hydrogen (secondary N) is 3. The van der Waals surface area contributed by atoms with Gasteiger partial charge in [-0.3, -0.25) is 0 Å². The van der Waals surface area contributed by atoms with Crippen molar-refractivity contribution in [3.05, 3.63) is 27.2 Å². The second kappa shape index (κ2) is 13.1. The normalized spacial score (nSPS) is 11.8. The predicted molar refractivity (Wildman–Crippen MR) is 110 cm³/mol. The third-order valence-corrected chi connectivity index (χ3v) is 6.25. The van der Waals surface area contributed by atoms with Crippen LogP contribution < -0.4 is 21.1 Å². The lowest BCUT2D eigenvalue weighted by Gasteiger charge is -2.10. The Morgan fingerprint density at radius 3 is 1.92 bits per heavy atom. The smallest absolute Gasteiger partial charge is 0.242 e. The zero-order chi connectivity index (χ0) is 19.4. The molecule has 0 aliphatic rings. The molecule has 0 amide bonds. The maximum absolute atomic E-state index is 12.3. The average molecular weight is 446 g/mol. The van der Waals surface area contributed by atoms with Crippen LogP contribution in [0.5, 0.6) is 0 Å². The van der Waals surface area contributed by atoms with Crippen molar-refractivity contribution in [3.63, 3.8) is 0 Å². The Hall–Kier alpha value is -0.120. The van der Waals surface area contributed by atoms with E-state index in [1.165, 1.54) is 12.1 Å². The van der Waals surface area contributed by atoms with Crippen LogP contribution in [0.3, 0.4) is 0 Å². The van der Waals surface area contributed by atoms with Gasteiger partial charge >= 0.3 is 0 Å². The summed E-state index contributed by atoms with van der Waals surface area (Å²) < 4.78 is 27.1. The first-order chi connectivity index (χ1) is 12.4. The van der Waals surface area contributed by atoms with E-state index in [0.717, 1.165) is 52.0 Å². The molecule has 6 nitrogen and oxygen atoms in total. The lowest BCUT2D eigenvalue weighted by molar-refractivity contribution is 0.558. The first kappa shape index (κ1) is 23.9. The Bertz CT molecular complexity index is 645. The number of rotatable bonds is 14. The lowest BCUT2D eigenvalue weighted by atomic mass is 10.3. The Balaban J connectivity index is 2.17. The zero-order valence-corrected chi connectivity index (χ0v) is 17.7. The maximum atomic E-state index is 12.3. The van der Waals surface area contributed by atoms with Gasteiger partial charge in [-0.2, -0.15) is 0 Å². The standard InChI is InChI=1S/C16H27Cl3N4O2S/c17-13-11-15(19)16(12-14(13)18)26(24,25)23-10-4-9-22-7-2-1-6-21-8-3-5-20/h11-12,21-23H,1-10,20H2. The topological polar surface area (TPSA) is 96.2 Å². The number of sulfonamides is 1. The van der Waals surface area contributed by atoms with E-state index in [9.17, 15) is 8.42 Å². The summed E-state index contributed by atoms with van der Waals surface area (Å²) in [5.74, 6) is 0. The molecule has 5 N–H and O–H groups in total.